The number of hydrogen-bond acceptors (Lipinski definition) is 4. The third kappa shape index (κ3) is 7.67. The molecule has 0 aromatic heterocycles. The summed E-state index contributed by atoms with van der Waals surface area (Å²) in [5.41, 5.74) is 0.962. The normalized spacial score (nSPS) is 19.0. The Morgan fingerprint density at radius 1 is 1.29 bits per heavy atom. The van der Waals surface area contributed by atoms with E-state index in [9.17, 15) is 21.6 Å². The zero-order chi connectivity index (χ0) is 20.8. The maximum atomic E-state index is 12.5. The van der Waals surface area contributed by atoms with Gasteiger partial charge in [0.15, 0.2) is 15.8 Å². The predicted octanol–water partition coefficient (Wildman–Crippen LogP) is 1.82. The van der Waals surface area contributed by atoms with Crippen LogP contribution in [0.5, 0.6) is 0 Å². The minimum atomic E-state index is -4.18. The van der Waals surface area contributed by atoms with Crippen LogP contribution in [0.1, 0.15) is 18.9 Å². The van der Waals surface area contributed by atoms with E-state index in [0.717, 1.165) is 5.56 Å². The van der Waals surface area contributed by atoms with Gasteiger partial charge in [-0.1, -0.05) is 12.1 Å². The van der Waals surface area contributed by atoms with Crippen LogP contribution in [-0.4, -0.2) is 70.5 Å². The average Bonchev–Trinajstić information content (AvgIpc) is 2.99. The molecule has 6 nitrogen and oxygen atoms in total. The molecular weight excluding hydrogens is 393 g/mol. The first-order valence-corrected chi connectivity index (χ1v) is 11.1. The standard InChI is InChI=1S/C18H27F3N4O2S/c1-3-22-17(24-15-9-11-25(12-15)13-18(19,20)21)23-10-8-14-4-6-16(7-5-14)28(2,26)27/h4-7,15H,3,8-13H2,1-2H3,(H2,22,23,24). The highest BCUT2D eigenvalue weighted by Gasteiger charge is 2.34. The Labute approximate surface area is 164 Å². The van der Waals surface area contributed by atoms with E-state index in [-0.39, 0.29) is 10.9 Å². The quantitative estimate of drug-likeness (QED) is 0.520. The fraction of sp³-hybridized carbons (Fsp3) is 0.611. The summed E-state index contributed by atoms with van der Waals surface area (Å²) in [6.07, 6.45) is -1.75. The first kappa shape index (κ1) is 22.5. The number of alkyl halides is 3. The average molecular weight is 421 g/mol. The van der Waals surface area contributed by atoms with Crippen molar-refractivity contribution in [3.05, 3.63) is 29.8 Å². The molecule has 1 saturated heterocycles. The Morgan fingerprint density at radius 2 is 1.96 bits per heavy atom. The van der Waals surface area contributed by atoms with Crippen molar-refractivity contribution in [1.82, 2.24) is 15.5 Å². The molecular formula is C18H27F3N4O2S. The molecule has 0 radical (unpaired) electrons. The van der Waals surface area contributed by atoms with Crippen molar-refractivity contribution in [2.45, 2.75) is 36.9 Å². The number of nitrogens with one attached hydrogen (secondary N) is 2. The maximum absolute atomic E-state index is 12.5. The second kappa shape index (κ2) is 9.60. The molecule has 158 valence electrons. The highest BCUT2D eigenvalue weighted by atomic mass is 32.2. The molecule has 1 aliphatic rings. The lowest BCUT2D eigenvalue weighted by Gasteiger charge is -2.19. The molecule has 1 heterocycles. The van der Waals surface area contributed by atoms with Crippen LogP contribution in [0.25, 0.3) is 0 Å². The molecule has 0 amide bonds. The Kier molecular flexibility index (Phi) is 7.70. The van der Waals surface area contributed by atoms with Crippen molar-refractivity contribution in [3.63, 3.8) is 0 Å². The number of likely N-dealkylation sites (tertiary alicyclic amines) is 1. The van der Waals surface area contributed by atoms with E-state index in [1.165, 1.54) is 11.2 Å². The summed E-state index contributed by atoms with van der Waals surface area (Å²) in [5, 5.41) is 6.31. The van der Waals surface area contributed by atoms with Crippen molar-refractivity contribution < 1.29 is 21.6 Å². The third-order valence-electron chi connectivity index (χ3n) is 4.38. The summed E-state index contributed by atoms with van der Waals surface area (Å²) in [4.78, 5) is 6.15. The lowest BCUT2D eigenvalue weighted by molar-refractivity contribution is -0.143. The monoisotopic (exact) mass is 420 g/mol. The van der Waals surface area contributed by atoms with Crippen molar-refractivity contribution in [2.75, 3.05) is 39.0 Å². The van der Waals surface area contributed by atoms with E-state index >= 15 is 0 Å². The van der Waals surface area contributed by atoms with Crippen molar-refractivity contribution in [1.29, 1.82) is 0 Å². The first-order valence-electron chi connectivity index (χ1n) is 9.20. The van der Waals surface area contributed by atoms with E-state index in [1.54, 1.807) is 24.3 Å². The van der Waals surface area contributed by atoms with Crippen LogP contribution in [0, 0.1) is 0 Å². The van der Waals surface area contributed by atoms with Crippen LogP contribution in [0.2, 0.25) is 0 Å². The van der Waals surface area contributed by atoms with E-state index in [0.29, 0.717) is 45.0 Å². The second-order valence-corrected chi connectivity index (χ2v) is 8.92. The Morgan fingerprint density at radius 3 is 2.54 bits per heavy atom. The van der Waals surface area contributed by atoms with Gasteiger partial charge in [0.05, 0.1) is 11.4 Å². The number of benzene rings is 1. The number of sulfone groups is 1. The molecule has 0 saturated carbocycles. The lowest BCUT2D eigenvalue weighted by atomic mass is 10.1. The van der Waals surface area contributed by atoms with Crippen molar-refractivity contribution in [2.24, 2.45) is 4.99 Å². The molecule has 1 aromatic carbocycles. The Hall–Kier alpha value is -1.81. The van der Waals surface area contributed by atoms with Gasteiger partial charge in [-0.15, -0.1) is 0 Å². The molecule has 1 unspecified atom stereocenters. The van der Waals surface area contributed by atoms with Gasteiger partial charge in [0.25, 0.3) is 0 Å². The fourth-order valence-electron chi connectivity index (χ4n) is 3.06. The van der Waals surface area contributed by atoms with Gasteiger partial charge >= 0.3 is 6.18 Å². The minimum absolute atomic E-state index is 0.0748. The number of guanidine groups is 1. The van der Waals surface area contributed by atoms with Crippen LogP contribution in [0.4, 0.5) is 13.2 Å². The largest absolute Gasteiger partial charge is 0.401 e. The van der Waals surface area contributed by atoms with Crippen LogP contribution in [0.15, 0.2) is 34.2 Å². The Balaban J connectivity index is 1.87. The van der Waals surface area contributed by atoms with Crippen molar-refractivity contribution >= 4 is 15.8 Å². The van der Waals surface area contributed by atoms with Gasteiger partial charge in [0.1, 0.15) is 0 Å². The topological polar surface area (TPSA) is 73.8 Å². The molecule has 2 rings (SSSR count). The van der Waals surface area contributed by atoms with Crippen LogP contribution < -0.4 is 10.6 Å². The summed E-state index contributed by atoms with van der Waals surface area (Å²) >= 11 is 0. The van der Waals surface area contributed by atoms with Gasteiger partial charge in [-0.25, -0.2) is 8.42 Å². The van der Waals surface area contributed by atoms with Crippen molar-refractivity contribution in [3.8, 4) is 0 Å². The second-order valence-electron chi connectivity index (χ2n) is 6.91. The van der Waals surface area contributed by atoms with Crippen LogP contribution in [-0.2, 0) is 16.3 Å². The van der Waals surface area contributed by atoms with Gasteiger partial charge in [-0.3, -0.25) is 9.89 Å². The number of nitrogens with zero attached hydrogens (tertiary/aromatic N) is 2. The lowest BCUT2D eigenvalue weighted by Crippen LogP contribution is -2.45. The molecule has 1 fully saturated rings. The van der Waals surface area contributed by atoms with Gasteiger partial charge in [-0.2, -0.15) is 13.2 Å². The molecule has 10 heteroatoms. The molecule has 2 N–H and O–H groups in total. The first-order chi connectivity index (χ1) is 13.1. The molecule has 1 aromatic rings. The number of aliphatic imine (C=N–C) groups is 1. The molecule has 1 atom stereocenters. The summed E-state index contributed by atoms with van der Waals surface area (Å²) in [7, 11) is -3.21. The van der Waals surface area contributed by atoms with Gasteiger partial charge in [-0.05, 0) is 37.5 Å². The highest BCUT2D eigenvalue weighted by molar-refractivity contribution is 7.90. The Bertz CT molecular complexity index is 764. The molecule has 0 aliphatic carbocycles. The van der Waals surface area contributed by atoms with Crippen LogP contribution >= 0.6 is 0 Å². The molecule has 0 bridgehead atoms. The van der Waals surface area contributed by atoms with Gasteiger partial charge in [0.2, 0.25) is 0 Å². The van der Waals surface area contributed by atoms with E-state index in [4.69, 9.17) is 0 Å². The summed E-state index contributed by atoms with van der Waals surface area (Å²) in [5.74, 6) is 0.578. The predicted molar refractivity (Wildman–Crippen MR) is 103 cm³/mol. The third-order valence-corrected chi connectivity index (χ3v) is 5.51. The summed E-state index contributed by atoms with van der Waals surface area (Å²) in [6, 6.07) is 6.60. The van der Waals surface area contributed by atoms with Gasteiger partial charge < -0.3 is 10.6 Å². The molecule has 0 spiro atoms. The van der Waals surface area contributed by atoms with E-state index in [1.807, 2.05) is 6.92 Å². The van der Waals surface area contributed by atoms with E-state index < -0.39 is 22.6 Å². The maximum Gasteiger partial charge on any atom is 0.401 e. The van der Waals surface area contributed by atoms with E-state index in [2.05, 4.69) is 15.6 Å². The minimum Gasteiger partial charge on any atom is -0.357 e. The molecule has 1 aliphatic heterocycles. The fourth-order valence-corrected chi connectivity index (χ4v) is 3.69. The van der Waals surface area contributed by atoms with Crippen LogP contribution in [0.3, 0.4) is 0 Å². The highest BCUT2D eigenvalue weighted by Crippen LogP contribution is 2.20. The zero-order valence-corrected chi connectivity index (χ0v) is 16.9. The summed E-state index contributed by atoms with van der Waals surface area (Å²) in [6.45, 7) is 2.90. The molecule has 28 heavy (non-hydrogen) atoms. The number of halogens is 3. The number of hydrogen-bond donors (Lipinski definition) is 2. The SMILES string of the molecule is CCNC(=NCCc1ccc(S(C)(=O)=O)cc1)NC1CCN(CC(F)(F)F)C1. The van der Waals surface area contributed by atoms with Gasteiger partial charge in [0, 0.05) is 38.5 Å². The summed E-state index contributed by atoms with van der Waals surface area (Å²) < 4.78 is 60.5. The smallest absolute Gasteiger partial charge is 0.357 e. The zero-order valence-electron chi connectivity index (χ0n) is 16.1. The number of rotatable bonds is 7.